The number of hydrogen-bond acceptors (Lipinski definition) is 6. The SMILES string of the molecule is Cc1onc(-c2ccccc2)c1COc1ccc(C(=O)Cc2cnn(C)c2)cn1. The van der Waals surface area contributed by atoms with Crippen LogP contribution in [0.15, 0.2) is 65.6 Å². The van der Waals surface area contributed by atoms with Crippen molar-refractivity contribution < 1.29 is 14.1 Å². The fraction of sp³-hybridized carbons (Fsp3) is 0.182. The summed E-state index contributed by atoms with van der Waals surface area (Å²) in [6.45, 7) is 2.13. The Balaban J connectivity index is 1.42. The van der Waals surface area contributed by atoms with Crippen molar-refractivity contribution in [2.24, 2.45) is 7.05 Å². The van der Waals surface area contributed by atoms with Gasteiger partial charge in [-0.15, -0.1) is 0 Å². The van der Waals surface area contributed by atoms with Crippen molar-refractivity contribution in [2.75, 3.05) is 0 Å². The molecule has 0 spiro atoms. The smallest absolute Gasteiger partial charge is 0.213 e. The second kappa shape index (κ2) is 8.10. The second-order valence-corrected chi connectivity index (χ2v) is 6.73. The van der Waals surface area contributed by atoms with Crippen molar-refractivity contribution in [3.63, 3.8) is 0 Å². The molecule has 0 atom stereocenters. The molecular weight excluding hydrogens is 368 g/mol. The fourth-order valence-electron chi connectivity index (χ4n) is 3.01. The third-order valence-electron chi connectivity index (χ3n) is 4.58. The molecule has 0 bridgehead atoms. The number of ether oxygens (including phenoxy) is 1. The van der Waals surface area contributed by atoms with Crippen LogP contribution in [0.5, 0.6) is 5.88 Å². The van der Waals surface area contributed by atoms with E-state index in [-0.39, 0.29) is 18.8 Å². The van der Waals surface area contributed by atoms with Gasteiger partial charge in [0.25, 0.3) is 0 Å². The number of rotatable bonds is 7. The molecule has 4 aromatic rings. The summed E-state index contributed by atoms with van der Waals surface area (Å²) in [5.41, 5.74) is 4.00. The lowest BCUT2D eigenvalue weighted by atomic mass is 10.1. The zero-order chi connectivity index (χ0) is 20.2. The number of ketones is 1. The van der Waals surface area contributed by atoms with Gasteiger partial charge in [-0.1, -0.05) is 35.5 Å². The number of aromatic nitrogens is 4. The van der Waals surface area contributed by atoms with E-state index in [9.17, 15) is 4.79 Å². The largest absolute Gasteiger partial charge is 0.473 e. The van der Waals surface area contributed by atoms with Gasteiger partial charge < -0.3 is 9.26 Å². The lowest BCUT2D eigenvalue weighted by Gasteiger charge is -2.07. The summed E-state index contributed by atoms with van der Waals surface area (Å²) in [5.74, 6) is 1.12. The molecule has 3 heterocycles. The Kier molecular flexibility index (Phi) is 5.20. The molecule has 0 saturated carbocycles. The summed E-state index contributed by atoms with van der Waals surface area (Å²) in [7, 11) is 1.82. The highest BCUT2D eigenvalue weighted by molar-refractivity contribution is 5.97. The zero-order valence-corrected chi connectivity index (χ0v) is 16.2. The third kappa shape index (κ3) is 4.24. The molecule has 0 saturated heterocycles. The molecule has 0 fully saturated rings. The Labute approximate surface area is 167 Å². The van der Waals surface area contributed by atoms with Gasteiger partial charge in [-0.05, 0) is 18.6 Å². The minimum absolute atomic E-state index is 0.0155. The number of carbonyl (C=O) groups is 1. The van der Waals surface area contributed by atoms with E-state index in [4.69, 9.17) is 9.26 Å². The lowest BCUT2D eigenvalue weighted by molar-refractivity contribution is 0.0992. The lowest BCUT2D eigenvalue weighted by Crippen LogP contribution is -2.05. The number of pyridine rings is 1. The fourth-order valence-corrected chi connectivity index (χ4v) is 3.01. The Hall–Kier alpha value is -3.74. The van der Waals surface area contributed by atoms with Crippen molar-refractivity contribution in [2.45, 2.75) is 20.0 Å². The zero-order valence-electron chi connectivity index (χ0n) is 16.2. The number of carbonyl (C=O) groups excluding carboxylic acids is 1. The highest BCUT2D eigenvalue weighted by Crippen LogP contribution is 2.26. The standard InChI is InChI=1S/C22H20N4O3/c1-15-19(22(25-29-15)17-6-4-3-5-7-17)14-28-21-9-8-18(12-23-21)20(27)10-16-11-24-26(2)13-16/h3-9,11-13H,10,14H2,1-2H3. The third-order valence-corrected chi connectivity index (χ3v) is 4.58. The van der Waals surface area contributed by atoms with Gasteiger partial charge in [0.15, 0.2) is 5.78 Å². The first-order valence-electron chi connectivity index (χ1n) is 9.20. The Morgan fingerprint density at radius 3 is 2.66 bits per heavy atom. The van der Waals surface area contributed by atoms with E-state index in [2.05, 4.69) is 15.2 Å². The molecule has 1 aromatic carbocycles. The predicted molar refractivity (Wildman–Crippen MR) is 106 cm³/mol. The number of benzene rings is 1. The van der Waals surface area contributed by atoms with Gasteiger partial charge in [-0.25, -0.2) is 4.98 Å². The molecular formula is C22H20N4O3. The highest BCUT2D eigenvalue weighted by atomic mass is 16.5. The molecule has 146 valence electrons. The molecule has 0 aliphatic rings. The summed E-state index contributed by atoms with van der Waals surface area (Å²) in [5, 5.41) is 8.23. The molecule has 0 radical (unpaired) electrons. The van der Waals surface area contributed by atoms with E-state index in [1.807, 2.05) is 50.5 Å². The normalized spacial score (nSPS) is 10.8. The molecule has 0 aliphatic carbocycles. The summed E-state index contributed by atoms with van der Waals surface area (Å²) in [4.78, 5) is 16.7. The van der Waals surface area contributed by atoms with Gasteiger partial charge in [0, 0.05) is 43.1 Å². The maximum atomic E-state index is 12.4. The van der Waals surface area contributed by atoms with Gasteiger partial charge >= 0.3 is 0 Å². The van der Waals surface area contributed by atoms with Crippen molar-refractivity contribution in [1.29, 1.82) is 0 Å². The maximum Gasteiger partial charge on any atom is 0.213 e. The summed E-state index contributed by atoms with van der Waals surface area (Å²) in [6, 6.07) is 13.2. The van der Waals surface area contributed by atoms with Crippen LogP contribution >= 0.6 is 0 Å². The van der Waals surface area contributed by atoms with E-state index >= 15 is 0 Å². The van der Waals surface area contributed by atoms with E-state index in [0.717, 1.165) is 22.4 Å². The van der Waals surface area contributed by atoms with E-state index in [0.29, 0.717) is 17.2 Å². The van der Waals surface area contributed by atoms with Crippen molar-refractivity contribution >= 4 is 5.78 Å². The summed E-state index contributed by atoms with van der Waals surface area (Å²) in [6.07, 6.45) is 5.34. The molecule has 3 aromatic heterocycles. The first-order valence-corrected chi connectivity index (χ1v) is 9.20. The predicted octanol–water partition coefficient (Wildman–Crippen LogP) is 3.78. The van der Waals surface area contributed by atoms with E-state index in [1.54, 1.807) is 23.0 Å². The van der Waals surface area contributed by atoms with E-state index < -0.39 is 0 Å². The average molecular weight is 388 g/mol. The molecule has 29 heavy (non-hydrogen) atoms. The number of hydrogen-bond donors (Lipinski definition) is 0. The Morgan fingerprint density at radius 1 is 1.14 bits per heavy atom. The van der Waals surface area contributed by atoms with E-state index in [1.165, 1.54) is 6.20 Å². The Bertz CT molecular complexity index is 1110. The quantitative estimate of drug-likeness (QED) is 0.448. The highest BCUT2D eigenvalue weighted by Gasteiger charge is 2.16. The monoisotopic (exact) mass is 388 g/mol. The van der Waals surface area contributed by atoms with Crippen LogP contribution in [0.1, 0.15) is 27.2 Å². The number of Topliss-reactive ketones (excluding diaryl/α,β-unsaturated/α-hetero) is 1. The van der Waals surface area contributed by atoms with Crippen LogP contribution in [0, 0.1) is 6.92 Å². The van der Waals surface area contributed by atoms with Gasteiger partial charge in [-0.2, -0.15) is 5.10 Å². The number of aryl methyl sites for hydroxylation is 2. The molecule has 7 heteroatoms. The second-order valence-electron chi connectivity index (χ2n) is 6.73. The van der Waals surface area contributed by atoms with Gasteiger partial charge in [0.05, 0.1) is 11.8 Å². The molecule has 0 aliphatic heterocycles. The van der Waals surface area contributed by atoms with Crippen molar-refractivity contribution in [3.8, 4) is 17.1 Å². The Morgan fingerprint density at radius 2 is 1.97 bits per heavy atom. The van der Waals surface area contributed by atoms with Crippen LogP contribution < -0.4 is 4.74 Å². The minimum Gasteiger partial charge on any atom is -0.473 e. The summed E-state index contributed by atoms with van der Waals surface area (Å²) >= 11 is 0. The van der Waals surface area contributed by atoms with Gasteiger partial charge in [0.1, 0.15) is 18.1 Å². The molecule has 0 amide bonds. The van der Waals surface area contributed by atoms with Crippen LogP contribution in [0.2, 0.25) is 0 Å². The van der Waals surface area contributed by atoms with Gasteiger partial charge in [-0.3, -0.25) is 9.48 Å². The summed E-state index contributed by atoms with van der Waals surface area (Å²) < 4.78 is 12.8. The van der Waals surface area contributed by atoms with Crippen LogP contribution in [0.25, 0.3) is 11.3 Å². The van der Waals surface area contributed by atoms with Crippen LogP contribution in [-0.4, -0.2) is 25.7 Å². The van der Waals surface area contributed by atoms with Crippen LogP contribution in [0.4, 0.5) is 0 Å². The average Bonchev–Trinajstić information content (AvgIpc) is 3.32. The molecule has 4 rings (SSSR count). The van der Waals surface area contributed by atoms with Crippen LogP contribution in [0.3, 0.4) is 0 Å². The molecule has 0 unspecified atom stereocenters. The number of nitrogens with zero attached hydrogens (tertiary/aromatic N) is 4. The van der Waals surface area contributed by atoms with Gasteiger partial charge in [0.2, 0.25) is 5.88 Å². The first kappa shape index (κ1) is 18.6. The molecule has 7 nitrogen and oxygen atoms in total. The maximum absolute atomic E-state index is 12.4. The minimum atomic E-state index is -0.0155. The van der Waals surface area contributed by atoms with Crippen molar-refractivity contribution in [1.82, 2.24) is 19.9 Å². The van der Waals surface area contributed by atoms with Crippen LogP contribution in [-0.2, 0) is 20.1 Å². The first-order chi connectivity index (χ1) is 14.1. The topological polar surface area (TPSA) is 83.0 Å². The molecule has 0 N–H and O–H groups in total. The van der Waals surface area contributed by atoms with Crippen molar-refractivity contribution in [3.05, 3.63) is 83.5 Å².